The normalized spacial score (nSPS) is 9.04. The Hall–Kier alpha value is -3.14. The molecule has 2 rings (SSSR count). The van der Waals surface area contributed by atoms with Gasteiger partial charge in [0.2, 0.25) is 11.6 Å². The van der Waals surface area contributed by atoms with E-state index < -0.39 is 0 Å². The van der Waals surface area contributed by atoms with Crippen LogP contribution in [0.1, 0.15) is 11.1 Å². The minimum absolute atomic E-state index is 0.224. The van der Waals surface area contributed by atoms with Crippen molar-refractivity contribution in [1.29, 1.82) is 0 Å². The second kappa shape index (κ2) is 9.00. The van der Waals surface area contributed by atoms with Gasteiger partial charge in [-0.25, -0.2) is 0 Å². The number of carbonyl (C=O) groups excluding carboxylic acids is 2. The summed E-state index contributed by atoms with van der Waals surface area (Å²) in [5, 5.41) is 0. The van der Waals surface area contributed by atoms with Crippen LogP contribution in [0, 0.1) is 23.7 Å². The molecule has 0 saturated heterocycles. The zero-order valence-electron chi connectivity index (χ0n) is 12.4. The number of ketones is 2. The lowest BCUT2D eigenvalue weighted by molar-refractivity contribution is -0.122. The summed E-state index contributed by atoms with van der Waals surface area (Å²) in [5.41, 5.74) is 1.51. The first kappa shape index (κ1) is 16.2. The van der Waals surface area contributed by atoms with Crippen molar-refractivity contribution in [3.63, 3.8) is 0 Å². The first-order chi connectivity index (χ1) is 11.2. The van der Waals surface area contributed by atoms with Gasteiger partial charge in [0.05, 0.1) is 0 Å². The Morgan fingerprint density at radius 3 is 1.48 bits per heavy atom. The van der Waals surface area contributed by atoms with E-state index in [2.05, 4.69) is 23.7 Å². The zero-order chi connectivity index (χ0) is 16.3. The van der Waals surface area contributed by atoms with E-state index in [1.807, 2.05) is 60.7 Å². The Morgan fingerprint density at radius 1 is 0.696 bits per heavy atom. The molecular weight excluding hydrogens is 288 g/mol. The van der Waals surface area contributed by atoms with E-state index in [0.717, 1.165) is 11.1 Å². The third-order valence-electron chi connectivity index (χ3n) is 2.71. The lowest BCUT2D eigenvalue weighted by Crippen LogP contribution is -2.12. The van der Waals surface area contributed by atoms with Crippen molar-refractivity contribution in [2.75, 3.05) is 13.2 Å². The van der Waals surface area contributed by atoms with Crippen molar-refractivity contribution >= 4 is 11.6 Å². The van der Waals surface area contributed by atoms with Crippen LogP contribution in [0.25, 0.3) is 0 Å². The highest BCUT2D eigenvalue weighted by Gasteiger charge is 2.01. The molecular formula is C20H14O3. The van der Waals surface area contributed by atoms with Crippen molar-refractivity contribution in [2.45, 2.75) is 0 Å². The summed E-state index contributed by atoms with van der Waals surface area (Å²) in [6, 6.07) is 18.4. The number of ether oxygens (including phenoxy) is 1. The number of Topliss-reactive ketones (excluding diaryl/α,β-unsaturated/α-hetero) is 2. The Morgan fingerprint density at radius 2 is 1.09 bits per heavy atom. The maximum absolute atomic E-state index is 11.5. The molecule has 0 aromatic heterocycles. The van der Waals surface area contributed by atoms with Gasteiger partial charge in [-0.2, -0.15) is 0 Å². The summed E-state index contributed by atoms with van der Waals surface area (Å²) in [6.07, 6.45) is 0. The Kier molecular flexibility index (Phi) is 6.35. The Balaban J connectivity index is 1.75. The summed E-state index contributed by atoms with van der Waals surface area (Å²) in [6.45, 7) is -0.447. The van der Waals surface area contributed by atoms with Gasteiger partial charge in [-0.15, -0.1) is 0 Å². The standard InChI is InChI=1S/C20H14O3/c21-19(13-11-17-7-3-1-4-8-17)15-23-16-20(22)14-12-18-9-5-2-6-10-18/h1-10H,15-16H2. The van der Waals surface area contributed by atoms with Crippen molar-refractivity contribution in [1.82, 2.24) is 0 Å². The number of benzene rings is 2. The third kappa shape index (κ3) is 6.44. The number of rotatable bonds is 4. The number of carbonyl (C=O) groups is 2. The molecule has 3 heteroatoms. The van der Waals surface area contributed by atoms with Crippen molar-refractivity contribution in [2.24, 2.45) is 0 Å². The first-order valence-electron chi connectivity index (χ1n) is 7.01. The molecule has 0 saturated carbocycles. The molecule has 2 aromatic carbocycles. The minimum Gasteiger partial charge on any atom is -0.364 e. The second-order valence-electron chi connectivity index (χ2n) is 4.57. The summed E-state index contributed by atoms with van der Waals surface area (Å²) in [5.74, 6) is 9.66. The van der Waals surface area contributed by atoms with Gasteiger partial charge in [0.25, 0.3) is 0 Å². The van der Waals surface area contributed by atoms with Gasteiger partial charge in [-0.05, 0) is 36.1 Å². The van der Waals surface area contributed by atoms with Gasteiger partial charge in [0.1, 0.15) is 13.2 Å². The lowest BCUT2D eigenvalue weighted by Gasteiger charge is -1.95. The van der Waals surface area contributed by atoms with E-state index in [0.29, 0.717) is 0 Å². The maximum Gasteiger partial charge on any atom is 0.231 e. The fourth-order valence-electron chi connectivity index (χ4n) is 1.64. The fourth-order valence-corrected chi connectivity index (χ4v) is 1.64. The lowest BCUT2D eigenvalue weighted by atomic mass is 10.2. The molecule has 0 aliphatic carbocycles. The molecule has 0 aliphatic heterocycles. The Bertz CT molecular complexity index is 715. The van der Waals surface area contributed by atoms with Crippen LogP contribution < -0.4 is 0 Å². The van der Waals surface area contributed by atoms with Crippen LogP contribution in [-0.4, -0.2) is 24.8 Å². The summed E-state index contributed by atoms with van der Waals surface area (Å²) >= 11 is 0. The molecule has 23 heavy (non-hydrogen) atoms. The molecule has 0 aliphatic rings. The first-order valence-corrected chi connectivity index (χ1v) is 7.01. The van der Waals surface area contributed by atoms with Crippen LogP contribution in [0.15, 0.2) is 60.7 Å². The molecule has 0 fully saturated rings. The van der Waals surface area contributed by atoms with Gasteiger partial charge in [0.15, 0.2) is 0 Å². The average Bonchev–Trinajstić information content (AvgIpc) is 2.60. The molecule has 0 spiro atoms. The molecule has 0 radical (unpaired) electrons. The van der Waals surface area contributed by atoms with Crippen LogP contribution in [0.5, 0.6) is 0 Å². The van der Waals surface area contributed by atoms with Crippen LogP contribution >= 0.6 is 0 Å². The highest BCUT2D eigenvalue weighted by molar-refractivity contribution is 5.98. The van der Waals surface area contributed by atoms with Gasteiger partial charge in [-0.3, -0.25) is 9.59 Å². The molecule has 0 amide bonds. The van der Waals surface area contributed by atoms with Crippen molar-refractivity contribution in [3.05, 3.63) is 71.8 Å². The largest absolute Gasteiger partial charge is 0.364 e. The molecule has 0 atom stereocenters. The highest BCUT2D eigenvalue weighted by Crippen LogP contribution is 1.95. The molecule has 0 unspecified atom stereocenters. The monoisotopic (exact) mass is 302 g/mol. The van der Waals surface area contributed by atoms with E-state index in [1.165, 1.54) is 0 Å². The average molecular weight is 302 g/mol. The topological polar surface area (TPSA) is 43.4 Å². The molecule has 0 bridgehead atoms. The number of hydrogen-bond donors (Lipinski definition) is 0. The van der Waals surface area contributed by atoms with E-state index in [9.17, 15) is 9.59 Å². The van der Waals surface area contributed by atoms with Gasteiger partial charge < -0.3 is 4.74 Å². The molecule has 3 nitrogen and oxygen atoms in total. The molecule has 2 aromatic rings. The summed E-state index contributed by atoms with van der Waals surface area (Å²) in [7, 11) is 0. The fraction of sp³-hybridized carbons (Fsp3) is 0.100. The van der Waals surface area contributed by atoms with Crippen LogP contribution in [-0.2, 0) is 14.3 Å². The molecule has 0 heterocycles. The van der Waals surface area contributed by atoms with Gasteiger partial charge in [0, 0.05) is 11.1 Å². The van der Waals surface area contributed by atoms with E-state index in [1.54, 1.807) is 0 Å². The van der Waals surface area contributed by atoms with Crippen LogP contribution in [0.3, 0.4) is 0 Å². The predicted molar refractivity (Wildman–Crippen MR) is 87.5 cm³/mol. The number of hydrogen-bond acceptors (Lipinski definition) is 3. The molecule has 0 N–H and O–H groups in total. The van der Waals surface area contributed by atoms with E-state index >= 15 is 0 Å². The Labute approximate surface area is 135 Å². The van der Waals surface area contributed by atoms with E-state index in [-0.39, 0.29) is 24.8 Å². The van der Waals surface area contributed by atoms with Gasteiger partial charge in [-0.1, -0.05) is 48.2 Å². The predicted octanol–water partition coefficient (Wildman–Crippen LogP) is 2.24. The van der Waals surface area contributed by atoms with E-state index in [4.69, 9.17) is 4.74 Å². The van der Waals surface area contributed by atoms with Gasteiger partial charge >= 0.3 is 0 Å². The maximum atomic E-state index is 11.5. The summed E-state index contributed by atoms with van der Waals surface area (Å²) < 4.78 is 5.03. The summed E-state index contributed by atoms with van der Waals surface area (Å²) in [4.78, 5) is 23.1. The van der Waals surface area contributed by atoms with Crippen LogP contribution in [0.2, 0.25) is 0 Å². The highest BCUT2D eigenvalue weighted by atomic mass is 16.5. The molecule has 112 valence electrons. The van der Waals surface area contributed by atoms with Crippen LogP contribution in [0.4, 0.5) is 0 Å². The smallest absolute Gasteiger partial charge is 0.231 e. The second-order valence-corrected chi connectivity index (χ2v) is 4.57. The third-order valence-corrected chi connectivity index (χ3v) is 2.71. The van der Waals surface area contributed by atoms with Crippen molar-refractivity contribution in [3.8, 4) is 23.7 Å². The zero-order valence-corrected chi connectivity index (χ0v) is 12.4. The SMILES string of the molecule is O=C(C#Cc1ccccc1)COCC(=O)C#Cc1ccccc1. The quantitative estimate of drug-likeness (QED) is 0.814. The van der Waals surface area contributed by atoms with Crippen molar-refractivity contribution < 1.29 is 14.3 Å². The minimum atomic E-state index is -0.377.